The molecule has 2 atom stereocenters. The molecule has 0 spiro atoms. The van der Waals surface area contributed by atoms with Gasteiger partial charge in [-0.1, -0.05) is 36.4 Å². The molecular formula is C19H22N2O2. The van der Waals surface area contributed by atoms with Gasteiger partial charge >= 0.3 is 0 Å². The van der Waals surface area contributed by atoms with E-state index in [0.29, 0.717) is 6.61 Å². The van der Waals surface area contributed by atoms with Crippen molar-refractivity contribution >= 4 is 5.69 Å². The van der Waals surface area contributed by atoms with Crippen LogP contribution < -0.4 is 9.64 Å². The normalized spacial score (nSPS) is 24.8. The second-order valence-corrected chi connectivity index (χ2v) is 6.22. The molecule has 23 heavy (non-hydrogen) atoms. The van der Waals surface area contributed by atoms with Gasteiger partial charge in [-0.15, -0.1) is 0 Å². The molecule has 2 aliphatic heterocycles. The molecule has 0 aliphatic carbocycles. The fourth-order valence-electron chi connectivity index (χ4n) is 3.59. The summed E-state index contributed by atoms with van der Waals surface area (Å²) in [7, 11) is 0. The van der Waals surface area contributed by atoms with Crippen LogP contribution in [0.3, 0.4) is 0 Å². The lowest BCUT2D eigenvalue weighted by atomic mass is 9.97. The summed E-state index contributed by atoms with van der Waals surface area (Å²) in [5.41, 5.74) is 2.19. The van der Waals surface area contributed by atoms with E-state index in [1.807, 2.05) is 30.3 Å². The number of rotatable bonds is 2. The van der Waals surface area contributed by atoms with Crippen LogP contribution in [-0.4, -0.2) is 48.8 Å². The van der Waals surface area contributed by atoms with Crippen molar-refractivity contribution in [2.45, 2.75) is 12.1 Å². The Kier molecular flexibility index (Phi) is 3.93. The van der Waals surface area contributed by atoms with Crippen LogP contribution in [-0.2, 0) is 0 Å². The molecule has 2 aromatic carbocycles. The average Bonchev–Trinajstić information content (AvgIpc) is 2.63. The van der Waals surface area contributed by atoms with Crippen LogP contribution in [0.2, 0.25) is 0 Å². The highest BCUT2D eigenvalue weighted by atomic mass is 16.5. The van der Waals surface area contributed by atoms with E-state index in [1.165, 1.54) is 5.69 Å². The highest BCUT2D eigenvalue weighted by molar-refractivity contribution is 5.46. The summed E-state index contributed by atoms with van der Waals surface area (Å²) in [5, 5.41) is 10.7. The molecule has 1 N–H and O–H groups in total. The highest BCUT2D eigenvalue weighted by Gasteiger charge is 2.35. The predicted molar refractivity (Wildman–Crippen MR) is 90.9 cm³/mol. The zero-order valence-electron chi connectivity index (χ0n) is 13.1. The van der Waals surface area contributed by atoms with Crippen molar-refractivity contribution in [2.75, 3.05) is 37.7 Å². The monoisotopic (exact) mass is 310 g/mol. The molecule has 2 unspecified atom stereocenters. The minimum atomic E-state index is -0.469. The van der Waals surface area contributed by atoms with Crippen molar-refractivity contribution in [2.24, 2.45) is 0 Å². The van der Waals surface area contributed by atoms with Gasteiger partial charge in [0.1, 0.15) is 18.5 Å². The smallest absolute Gasteiger partial charge is 0.125 e. The lowest BCUT2D eigenvalue weighted by Crippen LogP contribution is -2.54. The van der Waals surface area contributed by atoms with Crippen LogP contribution in [0.1, 0.15) is 11.7 Å². The Morgan fingerprint density at radius 3 is 2.35 bits per heavy atom. The molecule has 2 aliphatic rings. The first kappa shape index (κ1) is 14.5. The SMILES string of the molecule is OC1c2ccccc2OCC1N1CCN(c2ccccc2)CC1. The van der Waals surface area contributed by atoms with Gasteiger partial charge in [0.2, 0.25) is 0 Å². The minimum absolute atomic E-state index is 0.0443. The molecular weight excluding hydrogens is 288 g/mol. The van der Waals surface area contributed by atoms with Crippen molar-refractivity contribution in [3.63, 3.8) is 0 Å². The van der Waals surface area contributed by atoms with Gasteiger partial charge in [0, 0.05) is 37.4 Å². The van der Waals surface area contributed by atoms with Gasteiger partial charge in [-0.25, -0.2) is 0 Å². The molecule has 4 heteroatoms. The van der Waals surface area contributed by atoms with Crippen LogP contribution in [0, 0.1) is 0 Å². The maximum atomic E-state index is 10.7. The number of nitrogens with zero attached hydrogens (tertiary/aromatic N) is 2. The molecule has 0 aromatic heterocycles. The summed E-state index contributed by atoms with van der Waals surface area (Å²) in [6.07, 6.45) is -0.469. The topological polar surface area (TPSA) is 35.9 Å². The fraction of sp³-hybridized carbons (Fsp3) is 0.368. The average molecular weight is 310 g/mol. The lowest BCUT2D eigenvalue weighted by Gasteiger charge is -2.43. The number of aliphatic hydroxyl groups is 1. The van der Waals surface area contributed by atoms with Crippen LogP contribution in [0.25, 0.3) is 0 Å². The maximum Gasteiger partial charge on any atom is 0.125 e. The van der Waals surface area contributed by atoms with Crippen LogP contribution in [0.15, 0.2) is 54.6 Å². The fourth-order valence-corrected chi connectivity index (χ4v) is 3.59. The molecule has 4 rings (SSSR count). The molecule has 120 valence electrons. The standard InChI is InChI=1S/C19H22N2O2/c22-19-16-8-4-5-9-18(16)23-14-17(19)21-12-10-20(11-13-21)15-6-2-1-3-7-15/h1-9,17,19,22H,10-14H2. The van der Waals surface area contributed by atoms with Crippen LogP contribution >= 0.6 is 0 Å². The number of piperazine rings is 1. The number of fused-ring (bicyclic) bond motifs is 1. The largest absolute Gasteiger partial charge is 0.491 e. The second kappa shape index (κ2) is 6.22. The summed E-state index contributed by atoms with van der Waals surface area (Å²) < 4.78 is 5.86. The third-order valence-corrected chi connectivity index (χ3v) is 4.92. The van der Waals surface area contributed by atoms with E-state index in [0.717, 1.165) is 37.5 Å². The van der Waals surface area contributed by atoms with Crippen LogP contribution in [0.4, 0.5) is 5.69 Å². The lowest BCUT2D eigenvalue weighted by molar-refractivity contribution is 0.00115. The first-order valence-electron chi connectivity index (χ1n) is 8.27. The third-order valence-electron chi connectivity index (χ3n) is 4.92. The number of hydrogen-bond donors (Lipinski definition) is 1. The van der Waals surface area contributed by atoms with Gasteiger partial charge in [-0.3, -0.25) is 4.90 Å². The molecule has 1 fully saturated rings. The molecule has 0 bridgehead atoms. The summed E-state index contributed by atoms with van der Waals surface area (Å²) in [4.78, 5) is 4.76. The van der Waals surface area contributed by atoms with E-state index >= 15 is 0 Å². The first-order chi connectivity index (χ1) is 11.3. The van der Waals surface area contributed by atoms with Crippen molar-refractivity contribution in [1.82, 2.24) is 4.90 Å². The van der Waals surface area contributed by atoms with Crippen molar-refractivity contribution in [3.8, 4) is 5.75 Å². The van der Waals surface area contributed by atoms with Crippen molar-refractivity contribution in [3.05, 3.63) is 60.2 Å². The summed E-state index contributed by atoms with van der Waals surface area (Å²) >= 11 is 0. The van der Waals surface area contributed by atoms with Gasteiger partial charge in [0.15, 0.2) is 0 Å². The number of aliphatic hydroxyl groups excluding tert-OH is 1. The Morgan fingerprint density at radius 2 is 1.57 bits per heavy atom. The quantitative estimate of drug-likeness (QED) is 0.923. The Labute approximate surface area is 136 Å². The van der Waals surface area contributed by atoms with Gasteiger partial charge < -0.3 is 14.7 Å². The number of benzene rings is 2. The van der Waals surface area contributed by atoms with Gasteiger partial charge in [0.05, 0.1) is 6.04 Å². The number of ether oxygens (including phenoxy) is 1. The van der Waals surface area contributed by atoms with Crippen LogP contribution in [0.5, 0.6) is 5.75 Å². The van der Waals surface area contributed by atoms with Crippen molar-refractivity contribution in [1.29, 1.82) is 0 Å². The van der Waals surface area contributed by atoms with E-state index < -0.39 is 6.10 Å². The van der Waals surface area contributed by atoms with E-state index in [1.54, 1.807) is 0 Å². The molecule has 2 heterocycles. The van der Waals surface area contributed by atoms with E-state index in [4.69, 9.17) is 4.74 Å². The number of hydrogen-bond acceptors (Lipinski definition) is 4. The molecule has 0 radical (unpaired) electrons. The summed E-state index contributed by atoms with van der Waals surface area (Å²) in [6.45, 7) is 4.41. The zero-order valence-corrected chi connectivity index (χ0v) is 13.1. The summed E-state index contributed by atoms with van der Waals surface area (Å²) in [5.74, 6) is 0.819. The van der Waals surface area contributed by atoms with E-state index in [-0.39, 0.29) is 6.04 Å². The highest BCUT2D eigenvalue weighted by Crippen LogP contribution is 2.34. The third kappa shape index (κ3) is 2.80. The molecule has 1 saturated heterocycles. The van der Waals surface area contributed by atoms with E-state index in [2.05, 4.69) is 34.1 Å². The number of para-hydroxylation sites is 2. The Balaban J connectivity index is 1.43. The molecule has 0 saturated carbocycles. The van der Waals surface area contributed by atoms with Crippen molar-refractivity contribution < 1.29 is 9.84 Å². The number of anilines is 1. The van der Waals surface area contributed by atoms with Gasteiger partial charge in [0.25, 0.3) is 0 Å². The van der Waals surface area contributed by atoms with Gasteiger partial charge in [-0.2, -0.15) is 0 Å². The molecule has 0 amide bonds. The maximum absolute atomic E-state index is 10.7. The van der Waals surface area contributed by atoms with E-state index in [9.17, 15) is 5.11 Å². The second-order valence-electron chi connectivity index (χ2n) is 6.22. The molecule has 4 nitrogen and oxygen atoms in total. The zero-order chi connectivity index (χ0) is 15.6. The Bertz CT molecular complexity index is 653. The first-order valence-corrected chi connectivity index (χ1v) is 8.27. The Morgan fingerprint density at radius 1 is 0.870 bits per heavy atom. The Hall–Kier alpha value is -2.04. The predicted octanol–water partition coefficient (Wildman–Crippen LogP) is 2.30. The summed E-state index contributed by atoms with van der Waals surface area (Å²) in [6, 6.07) is 18.4. The molecule has 2 aromatic rings. The minimum Gasteiger partial charge on any atom is -0.491 e. The van der Waals surface area contributed by atoms with Gasteiger partial charge in [-0.05, 0) is 18.2 Å².